The fraction of sp³-hybridized carbons (Fsp3) is 0. The van der Waals surface area contributed by atoms with Gasteiger partial charge in [0.15, 0.2) is 0 Å². The van der Waals surface area contributed by atoms with Crippen LogP contribution in [0.2, 0.25) is 0 Å². The van der Waals surface area contributed by atoms with Crippen LogP contribution < -0.4 is 14.6 Å². The zero-order chi connectivity index (χ0) is 19.5. The Bertz CT molecular complexity index is 1040. The van der Waals surface area contributed by atoms with Gasteiger partial charge in [-0.15, -0.1) is 0 Å². The van der Waals surface area contributed by atoms with Gasteiger partial charge in [-0.1, -0.05) is 91.0 Å². The summed E-state index contributed by atoms with van der Waals surface area (Å²) in [5.41, 5.74) is 4.91. The van der Waals surface area contributed by atoms with Gasteiger partial charge < -0.3 is 9.34 Å². The lowest BCUT2D eigenvalue weighted by Crippen LogP contribution is -2.22. The highest BCUT2D eigenvalue weighted by molar-refractivity contribution is 7.69. The Morgan fingerprint density at radius 1 is 0.414 bits per heavy atom. The summed E-state index contributed by atoms with van der Waals surface area (Å²) in [4.78, 5) is 0. The highest BCUT2D eigenvalue weighted by atomic mass is 31.1. The molecule has 2 nitrogen and oxygen atoms in total. The molecule has 3 heteroatoms. The third kappa shape index (κ3) is 3.55. The van der Waals surface area contributed by atoms with Gasteiger partial charge >= 0.3 is 0 Å². The summed E-state index contributed by atoms with van der Waals surface area (Å²) in [5.74, 6) is 0. The first-order valence-corrected chi connectivity index (χ1v) is 11.0. The maximum Gasteiger partial charge on any atom is 0.137 e. The standard InChI is InChI=1S/C26H21N2P/c1-4-10-22(11-5-1)23-16-18-26(19-17-23)29-27(24-12-6-2-7-13-24)20-21-28(29)25-14-8-3-9-15-25/h1-21H. The predicted molar refractivity (Wildman–Crippen MR) is 125 cm³/mol. The van der Waals surface area contributed by atoms with Crippen LogP contribution in [0.5, 0.6) is 0 Å². The quantitative estimate of drug-likeness (QED) is 0.353. The summed E-state index contributed by atoms with van der Waals surface area (Å²) < 4.78 is 4.78. The highest BCUT2D eigenvalue weighted by Gasteiger charge is 2.30. The van der Waals surface area contributed by atoms with Gasteiger partial charge in [0.2, 0.25) is 0 Å². The molecule has 1 aliphatic rings. The molecule has 0 unspecified atom stereocenters. The van der Waals surface area contributed by atoms with Gasteiger partial charge in [-0.25, -0.2) is 0 Å². The molecule has 0 aliphatic carbocycles. The second-order valence-electron chi connectivity index (χ2n) is 6.86. The Morgan fingerprint density at radius 3 is 1.31 bits per heavy atom. The molecule has 0 aromatic heterocycles. The molecule has 0 fully saturated rings. The molecule has 0 amide bonds. The molecule has 29 heavy (non-hydrogen) atoms. The molecule has 0 saturated carbocycles. The van der Waals surface area contributed by atoms with Crippen molar-refractivity contribution in [3.05, 3.63) is 128 Å². The van der Waals surface area contributed by atoms with Crippen molar-refractivity contribution in [2.75, 3.05) is 9.34 Å². The number of hydrogen-bond donors (Lipinski definition) is 0. The van der Waals surface area contributed by atoms with Gasteiger partial charge in [0.05, 0.1) is 0 Å². The molecule has 0 spiro atoms. The SMILES string of the molecule is C1=CN(c2ccccc2)P(c2ccc(-c3ccccc3)cc2)N1c1ccccc1. The molecule has 1 aliphatic heterocycles. The first kappa shape index (κ1) is 17.7. The van der Waals surface area contributed by atoms with E-state index in [1.807, 2.05) is 0 Å². The third-order valence-electron chi connectivity index (χ3n) is 5.00. The van der Waals surface area contributed by atoms with Gasteiger partial charge in [0.25, 0.3) is 0 Å². The Morgan fingerprint density at radius 2 is 0.828 bits per heavy atom. The summed E-state index contributed by atoms with van der Waals surface area (Å²) in [6, 6.07) is 40.8. The number of nitrogens with zero attached hydrogens (tertiary/aromatic N) is 2. The van der Waals surface area contributed by atoms with E-state index in [0.717, 1.165) is 0 Å². The van der Waals surface area contributed by atoms with Crippen molar-refractivity contribution in [1.82, 2.24) is 0 Å². The predicted octanol–water partition coefficient (Wildman–Crippen LogP) is 6.79. The zero-order valence-electron chi connectivity index (χ0n) is 16.0. The van der Waals surface area contributed by atoms with Crippen molar-refractivity contribution < 1.29 is 0 Å². The summed E-state index contributed by atoms with van der Waals surface area (Å²) >= 11 is 0. The second kappa shape index (κ2) is 7.95. The van der Waals surface area contributed by atoms with Gasteiger partial charge in [-0.05, 0) is 35.4 Å². The molecule has 4 aromatic rings. The van der Waals surface area contributed by atoms with Crippen LogP contribution in [0.4, 0.5) is 11.4 Å². The summed E-state index contributed by atoms with van der Waals surface area (Å²) in [6.07, 6.45) is 4.39. The van der Waals surface area contributed by atoms with Gasteiger partial charge in [-0.3, -0.25) is 0 Å². The average molecular weight is 392 g/mol. The molecular formula is C26H21N2P. The minimum absolute atomic E-state index is 0.745. The van der Waals surface area contributed by atoms with Crippen molar-refractivity contribution in [3.8, 4) is 11.1 Å². The summed E-state index contributed by atoms with van der Waals surface area (Å²) in [7, 11) is -0.745. The van der Waals surface area contributed by atoms with E-state index in [0.29, 0.717) is 0 Å². The Hall–Kier alpha value is -3.35. The smallest absolute Gasteiger partial charge is 0.137 e. The van der Waals surface area contributed by atoms with Crippen LogP contribution in [0.1, 0.15) is 0 Å². The Labute approximate surface area is 173 Å². The monoisotopic (exact) mass is 392 g/mol. The third-order valence-corrected chi connectivity index (χ3v) is 7.31. The maximum atomic E-state index is 2.39. The molecule has 0 saturated heterocycles. The second-order valence-corrected chi connectivity index (χ2v) is 8.82. The van der Waals surface area contributed by atoms with E-state index in [-0.39, 0.29) is 0 Å². The Balaban J connectivity index is 1.54. The number of anilines is 2. The summed E-state index contributed by atoms with van der Waals surface area (Å²) in [5, 5.41) is 1.32. The van der Waals surface area contributed by atoms with Crippen LogP contribution in [0.3, 0.4) is 0 Å². The van der Waals surface area contributed by atoms with E-state index in [2.05, 4.69) is 137 Å². The average Bonchev–Trinajstić information content (AvgIpc) is 3.26. The molecule has 0 bridgehead atoms. The molecule has 5 rings (SSSR count). The normalized spacial score (nSPS) is 13.8. The molecular weight excluding hydrogens is 371 g/mol. The summed E-state index contributed by atoms with van der Waals surface area (Å²) in [6.45, 7) is 0. The largest absolute Gasteiger partial charge is 0.304 e. The molecule has 0 atom stereocenters. The van der Waals surface area contributed by atoms with E-state index in [1.165, 1.54) is 27.8 Å². The number of hydrogen-bond acceptors (Lipinski definition) is 2. The van der Waals surface area contributed by atoms with Crippen molar-refractivity contribution >= 4 is 24.9 Å². The lowest BCUT2D eigenvalue weighted by Gasteiger charge is -2.32. The van der Waals surface area contributed by atoms with E-state index >= 15 is 0 Å². The first-order valence-electron chi connectivity index (χ1n) is 9.72. The fourth-order valence-electron chi connectivity index (χ4n) is 3.58. The maximum absolute atomic E-state index is 2.39. The van der Waals surface area contributed by atoms with Gasteiger partial charge in [0, 0.05) is 29.1 Å². The van der Waals surface area contributed by atoms with Crippen LogP contribution in [-0.4, -0.2) is 0 Å². The lowest BCUT2D eigenvalue weighted by molar-refractivity contribution is 1.44. The van der Waals surface area contributed by atoms with Crippen LogP contribution >= 0.6 is 8.22 Å². The lowest BCUT2D eigenvalue weighted by atomic mass is 10.1. The van der Waals surface area contributed by atoms with Crippen LogP contribution in [0.15, 0.2) is 128 Å². The first-order chi connectivity index (χ1) is 14.4. The van der Waals surface area contributed by atoms with Crippen molar-refractivity contribution in [3.63, 3.8) is 0 Å². The van der Waals surface area contributed by atoms with E-state index in [9.17, 15) is 0 Å². The molecule has 1 heterocycles. The fourth-order valence-corrected chi connectivity index (χ4v) is 5.77. The van der Waals surface area contributed by atoms with Crippen molar-refractivity contribution in [2.45, 2.75) is 0 Å². The van der Waals surface area contributed by atoms with E-state index < -0.39 is 8.22 Å². The van der Waals surface area contributed by atoms with Gasteiger partial charge in [-0.2, -0.15) is 0 Å². The molecule has 140 valence electrons. The zero-order valence-corrected chi connectivity index (χ0v) is 16.9. The topological polar surface area (TPSA) is 6.48 Å². The highest BCUT2D eigenvalue weighted by Crippen LogP contribution is 2.52. The van der Waals surface area contributed by atoms with Gasteiger partial charge in [0.1, 0.15) is 8.22 Å². The molecule has 0 N–H and O–H groups in total. The minimum atomic E-state index is -0.745. The molecule has 4 aromatic carbocycles. The van der Waals surface area contributed by atoms with Crippen LogP contribution in [-0.2, 0) is 0 Å². The van der Waals surface area contributed by atoms with Crippen LogP contribution in [0, 0.1) is 0 Å². The van der Waals surface area contributed by atoms with E-state index in [4.69, 9.17) is 0 Å². The van der Waals surface area contributed by atoms with Crippen LogP contribution in [0.25, 0.3) is 11.1 Å². The molecule has 0 radical (unpaired) electrons. The number of benzene rings is 4. The number of para-hydroxylation sites is 2. The Kier molecular flexibility index (Phi) is 4.86. The van der Waals surface area contributed by atoms with Crippen molar-refractivity contribution in [2.24, 2.45) is 0 Å². The minimum Gasteiger partial charge on any atom is -0.304 e. The van der Waals surface area contributed by atoms with E-state index in [1.54, 1.807) is 0 Å². The van der Waals surface area contributed by atoms with Crippen molar-refractivity contribution in [1.29, 1.82) is 0 Å². The number of rotatable bonds is 4.